The van der Waals surface area contributed by atoms with Gasteiger partial charge in [-0.25, -0.2) is 12.8 Å². The Labute approximate surface area is 162 Å². The van der Waals surface area contributed by atoms with Crippen molar-refractivity contribution in [2.75, 3.05) is 10.0 Å². The van der Waals surface area contributed by atoms with Gasteiger partial charge in [0, 0.05) is 23.0 Å². The zero-order valence-electron chi connectivity index (χ0n) is 14.7. The molecule has 7 heteroatoms. The molecule has 0 bridgehead atoms. The predicted octanol–water partition coefficient (Wildman–Crippen LogP) is 4.28. The number of anilines is 2. The van der Waals surface area contributed by atoms with Gasteiger partial charge in [-0.3, -0.25) is 9.52 Å². The van der Waals surface area contributed by atoms with E-state index >= 15 is 0 Å². The molecule has 0 aliphatic heterocycles. The second-order valence-corrected chi connectivity index (χ2v) is 7.52. The van der Waals surface area contributed by atoms with Gasteiger partial charge in [-0.2, -0.15) is 0 Å². The fourth-order valence-electron chi connectivity index (χ4n) is 2.40. The Hall–Kier alpha value is -3.45. The van der Waals surface area contributed by atoms with Crippen LogP contribution in [0, 0.1) is 5.82 Å². The van der Waals surface area contributed by atoms with Crippen LogP contribution in [0.25, 0.3) is 6.08 Å². The number of nitrogens with one attached hydrogen (secondary N) is 2. The fourth-order valence-corrected chi connectivity index (χ4v) is 3.46. The standard InChI is InChI=1S/C21H17FN2O3S/c22-20-9-5-4-6-16(20)10-15-21(25)23-17-11-13-19(14-12-17)28(26,27)24-18-7-2-1-3-8-18/h1-15,24H,(H,23,25)/b15-10+. The summed E-state index contributed by atoms with van der Waals surface area (Å²) in [6.45, 7) is 0. The summed E-state index contributed by atoms with van der Waals surface area (Å²) in [5, 5.41) is 2.60. The van der Waals surface area contributed by atoms with Gasteiger partial charge in [0.05, 0.1) is 4.90 Å². The highest BCUT2D eigenvalue weighted by atomic mass is 32.2. The Bertz CT molecular complexity index is 1100. The van der Waals surface area contributed by atoms with Crippen LogP contribution in [0.1, 0.15) is 5.56 Å². The molecule has 0 aromatic heterocycles. The number of sulfonamides is 1. The number of benzene rings is 3. The maximum atomic E-state index is 13.5. The van der Waals surface area contributed by atoms with Crippen LogP contribution in [0.3, 0.4) is 0 Å². The molecule has 5 nitrogen and oxygen atoms in total. The summed E-state index contributed by atoms with van der Waals surface area (Å²) in [4.78, 5) is 12.0. The van der Waals surface area contributed by atoms with Gasteiger partial charge in [0.1, 0.15) is 5.82 Å². The lowest BCUT2D eigenvalue weighted by Crippen LogP contribution is -2.13. The number of hydrogen-bond acceptors (Lipinski definition) is 3. The van der Waals surface area contributed by atoms with Crippen LogP contribution in [0.2, 0.25) is 0 Å². The minimum Gasteiger partial charge on any atom is -0.323 e. The van der Waals surface area contributed by atoms with Crippen molar-refractivity contribution in [1.29, 1.82) is 0 Å². The molecule has 0 aliphatic carbocycles. The third-order valence-electron chi connectivity index (χ3n) is 3.78. The second-order valence-electron chi connectivity index (χ2n) is 5.84. The molecule has 3 aromatic rings. The smallest absolute Gasteiger partial charge is 0.261 e. The van der Waals surface area contributed by atoms with Gasteiger partial charge in [0.2, 0.25) is 5.91 Å². The monoisotopic (exact) mass is 396 g/mol. The lowest BCUT2D eigenvalue weighted by Gasteiger charge is -2.09. The number of carbonyl (C=O) groups is 1. The first-order chi connectivity index (χ1) is 13.4. The van der Waals surface area contributed by atoms with Crippen molar-refractivity contribution < 1.29 is 17.6 Å². The zero-order valence-corrected chi connectivity index (χ0v) is 15.5. The van der Waals surface area contributed by atoms with E-state index in [1.165, 1.54) is 42.5 Å². The summed E-state index contributed by atoms with van der Waals surface area (Å²) in [5.41, 5.74) is 1.17. The van der Waals surface area contributed by atoms with Crippen molar-refractivity contribution in [3.8, 4) is 0 Å². The molecule has 0 aliphatic rings. The van der Waals surface area contributed by atoms with E-state index in [1.807, 2.05) is 0 Å². The molecule has 0 heterocycles. The van der Waals surface area contributed by atoms with Gasteiger partial charge in [0.15, 0.2) is 0 Å². The number of rotatable bonds is 6. The van der Waals surface area contributed by atoms with Gasteiger partial charge in [-0.05, 0) is 48.5 Å². The number of carbonyl (C=O) groups excluding carboxylic acids is 1. The molecule has 2 N–H and O–H groups in total. The molecule has 3 rings (SSSR count). The summed E-state index contributed by atoms with van der Waals surface area (Å²) in [5.74, 6) is -0.881. The van der Waals surface area contributed by atoms with Crippen LogP contribution in [0.15, 0.2) is 89.8 Å². The normalized spacial score (nSPS) is 11.3. The van der Waals surface area contributed by atoms with E-state index < -0.39 is 21.7 Å². The topological polar surface area (TPSA) is 75.3 Å². The molecule has 0 unspecified atom stereocenters. The average molecular weight is 396 g/mol. The van der Waals surface area contributed by atoms with Crippen molar-refractivity contribution in [2.45, 2.75) is 4.90 Å². The van der Waals surface area contributed by atoms with Crippen LogP contribution in [-0.4, -0.2) is 14.3 Å². The lowest BCUT2D eigenvalue weighted by atomic mass is 10.2. The molecule has 28 heavy (non-hydrogen) atoms. The second kappa shape index (κ2) is 8.49. The molecule has 1 amide bonds. The molecule has 0 radical (unpaired) electrons. The molecular formula is C21H17FN2O3S. The number of hydrogen-bond donors (Lipinski definition) is 2. The third kappa shape index (κ3) is 5.05. The Morgan fingerprint density at radius 1 is 0.821 bits per heavy atom. The molecule has 0 fully saturated rings. The summed E-state index contributed by atoms with van der Waals surface area (Å²) in [7, 11) is -3.73. The molecule has 3 aromatic carbocycles. The molecular weight excluding hydrogens is 379 g/mol. The van der Waals surface area contributed by atoms with E-state index in [2.05, 4.69) is 10.0 Å². The van der Waals surface area contributed by atoms with Crippen molar-refractivity contribution in [3.63, 3.8) is 0 Å². The minimum absolute atomic E-state index is 0.0660. The van der Waals surface area contributed by atoms with Crippen LogP contribution < -0.4 is 10.0 Å². The van der Waals surface area contributed by atoms with Gasteiger partial charge < -0.3 is 5.32 Å². The van der Waals surface area contributed by atoms with Crippen molar-refractivity contribution >= 4 is 33.4 Å². The Kier molecular flexibility index (Phi) is 5.86. The maximum absolute atomic E-state index is 13.5. The number of amides is 1. The van der Waals surface area contributed by atoms with E-state index in [4.69, 9.17) is 0 Å². The van der Waals surface area contributed by atoms with Crippen molar-refractivity contribution in [1.82, 2.24) is 0 Å². The Balaban J connectivity index is 1.65. The first-order valence-electron chi connectivity index (χ1n) is 8.35. The predicted molar refractivity (Wildman–Crippen MR) is 108 cm³/mol. The van der Waals surface area contributed by atoms with Gasteiger partial charge in [0.25, 0.3) is 10.0 Å². The van der Waals surface area contributed by atoms with Crippen molar-refractivity contribution in [3.05, 3.63) is 96.3 Å². The van der Waals surface area contributed by atoms with Gasteiger partial charge in [-0.15, -0.1) is 0 Å². The van der Waals surface area contributed by atoms with Crippen molar-refractivity contribution in [2.24, 2.45) is 0 Å². The highest BCUT2D eigenvalue weighted by Gasteiger charge is 2.14. The first kappa shape index (κ1) is 19.3. The van der Waals surface area contributed by atoms with Gasteiger partial charge in [-0.1, -0.05) is 36.4 Å². The largest absolute Gasteiger partial charge is 0.323 e. The molecule has 0 saturated carbocycles. The van der Waals surface area contributed by atoms with E-state index in [9.17, 15) is 17.6 Å². The van der Waals surface area contributed by atoms with Crippen LogP contribution in [0.5, 0.6) is 0 Å². The van der Waals surface area contributed by atoms with Crippen LogP contribution >= 0.6 is 0 Å². The van der Waals surface area contributed by atoms with Gasteiger partial charge >= 0.3 is 0 Å². The summed E-state index contributed by atoms with van der Waals surface area (Å²) in [6.07, 6.45) is 2.58. The van der Waals surface area contributed by atoms with E-state index in [0.717, 1.165) is 0 Å². The van der Waals surface area contributed by atoms with Crippen LogP contribution in [-0.2, 0) is 14.8 Å². The minimum atomic E-state index is -3.73. The SMILES string of the molecule is O=C(/C=C/c1ccccc1F)Nc1ccc(S(=O)(=O)Nc2ccccc2)cc1. The quantitative estimate of drug-likeness (QED) is 0.611. The summed E-state index contributed by atoms with van der Waals surface area (Å²) >= 11 is 0. The molecule has 142 valence electrons. The first-order valence-corrected chi connectivity index (χ1v) is 9.84. The fraction of sp³-hybridized carbons (Fsp3) is 0. The Morgan fingerprint density at radius 2 is 1.46 bits per heavy atom. The molecule has 0 spiro atoms. The number of para-hydroxylation sites is 1. The third-order valence-corrected chi connectivity index (χ3v) is 5.17. The lowest BCUT2D eigenvalue weighted by molar-refractivity contribution is -0.111. The molecule has 0 saturated heterocycles. The van der Waals surface area contributed by atoms with Crippen LogP contribution in [0.4, 0.5) is 15.8 Å². The average Bonchev–Trinajstić information content (AvgIpc) is 2.68. The Morgan fingerprint density at radius 3 is 2.14 bits per heavy atom. The summed E-state index contributed by atoms with van der Waals surface area (Å²) < 4.78 is 40.8. The summed E-state index contributed by atoms with van der Waals surface area (Å²) in [6, 6.07) is 20.4. The van der Waals surface area contributed by atoms with E-state index in [-0.39, 0.29) is 4.90 Å². The highest BCUT2D eigenvalue weighted by molar-refractivity contribution is 7.92. The highest BCUT2D eigenvalue weighted by Crippen LogP contribution is 2.18. The maximum Gasteiger partial charge on any atom is 0.261 e. The van der Waals surface area contributed by atoms with E-state index in [1.54, 1.807) is 48.5 Å². The van der Waals surface area contributed by atoms with E-state index in [0.29, 0.717) is 16.9 Å². The molecule has 0 atom stereocenters. The zero-order chi connectivity index (χ0) is 20.0. The number of halogens is 1.